The van der Waals surface area contributed by atoms with Crippen molar-refractivity contribution in [3.05, 3.63) is 98.7 Å². The van der Waals surface area contributed by atoms with Crippen LogP contribution in [0.5, 0.6) is 0 Å². The molecule has 2 heterocycles. The normalized spacial score (nSPS) is 10.4. The first-order chi connectivity index (χ1) is 17.6. The van der Waals surface area contributed by atoms with Crippen molar-refractivity contribution < 1.29 is 44.0 Å². The van der Waals surface area contributed by atoms with E-state index in [9.17, 15) is 30.7 Å². The van der Waals surface area contributed by atoms with Gasteiger partial charge in [-0.15, -0.1) is 0 Å². The number of hydrogen-bond acceptors (Lipinski definition) is 2. The summed E-state index contributed by atoms with van der Waals surface area (Å²) in [5.41, 5.74) is 0.600. The molecule has 2 aromatic heterocycles. The molecule has 0 fully saturated rings. The number of benzene rings is 2. The zero-order chi connectivity index (χ0) is 29.1. The van der Waals surface area contributed by atoms with Gasteiger partial charge in [0.2, 0.25) is 0 Å². The molecule has 0 aliphatic heterocycles. The molecule has 0 aliphatic carbocycles. The zero-order valence-electron chi connectivity index (χ0n) is 19.2. The van der Waals surface area contributed by atoms with Crippen LogP contribution >= 0.6 is 69.1 Å². The Kier molecular flexibility index (Phi) is 20.5. The van der Waals surface area contributed by atoms with E-state index in [1.54, 1.807) is 36.3 Å². The first-order valence-electron chi connectivity index (χ1n) is 9.80. The molecule has 0 aliphatic rings. The Bertz CT molecular complexity index is 1250. The molecular formula is C24H25Br2F7I3N4-. The fourth-order valence-corrected chi connectivity index (χ4v) is 3.44. The monoisotopic (exact) mass is 1040 g/mol. The Morgan fingerprint density at radius 3 is 1.70 bits per heavy atom. The first kappa shape index (κ1) is 41.7. The quantitative estimate of drug-likeness (QED) is 0.154. The van der Waals surface area contributed by atoms with E-state index in [2.05, 4.69) is 84.0 Å². The van der Waals surface area contributed by atoms with E-state index in [1.807, 2.05) is 6.92 Å². The summed E-state index contributed by atoms with van der Waals surface area (Å²) in [6.07, 6.45) is -2.26. The van der Waals surface area contributed by atoms with Crippen LogP contribution in [0.25, 0.3) is 5.69 Å². The first-order valence-corrected chi connectivity index (χ1v) is 24.0. The summed E-state index contributed by atoms with van der Waals surface area (Å²) < 4.78 is 88.2. The molecule has 16 heteroatoms. The number of nitrogens with one attached hydrogen (secondary N) is 1. The maximum absolute atomic E-state index is 12.6. The summed E-state index contributed by atoms with van der Waals surface area (Å²) >= 11 is 11.1. The predicted molar refractivity (Wildman–Crippen MR) is 165 cm³/mol. The molecule has 2 aromatic carbocycles. The van der Waals surface area contributed by atoms with E-state index in [0.29, 0.717) is 29.5 Å². The second-order valence-corrected chi connectivity index (χ2v) is 25.1. The SMILES string of the molecule is C.C.Cc1cn(-c2cc(Br)cc(C(F)(F)F)c2)cn1.Cc1cnc[nH]1.Fc1cc(Br)cc(C(F)(F)F)c1.I[I-]I. The van der Waals surface area contributed by atoms with E-state index in [0.717, 1.165) is 35.7 Å². The molecule has 0 saturated heterocycles. The molecule has 0 atom stereocenters. The number of aromatic amines is 1. The standard InChI is InChI=1S/C11H8BrF3N2.C7H3BrF4.C4H6N2.2CH4.I3/c1-7-5-17(6-16-7)10-3-8(11(13,14)15)2-9(12)4-10;8-5-1-4(7(10,11)12)2-6(9)3-5;1-4-2-5-3-6-4;;;1-3-2/h2-6H,1H3;1-3H;2-3H,1H3,(H,5,6);2*1H4;/q;;;;;-1. The van der Waals surface area contributed by atoms with Crippen LogP contribution in [0.2, 0.25) is 0 Å². The second-order valence-electron chi connectivity index (χ2n) is 7.06. The van der Waals surface area contributed by atoms with Gasteiger partial charge in [-0.2, -0.15) is 26.3 Å². The fraction of sp³-hybridized carbons (Fsp3) is 0.250. The average Bonchev–Trinajstić information content (AvgIpc) is 3.44. The number of aryl methyl sites for hydroxylation is 2. The molecule has 0 amide bonds. The Morgan fingerprint density at radius 1 is 0.850 bits per heavy atom. The molecule has 4 nitrogen and oxygen atoms in total. The van der Waals surface area contributed by atoms with Gasteiger partial charge in [-0.1, -0.05) is 46.7 Å². The minimum absolute atomic E-state index is 0. The van der Waals surface area contributed by atoms with Crippen LogP contribution in [-0.2, 0) is 12.4 Å². The molecule has 1 N–H and O–H groups in total. The Labute approximate surface area is 275 Å². The van der Waals surface area contributed by atoms with Gasteiger partial charge in [0.15, 0.2) is 0 Å². The predicted octanol–water partition coefficient (Wildman–Crippen LogP) is 8.33. The third-order valence-corrected chi connectivity index (χ3v) is 4.96. The van der Waals surface area contributed by atoms with Crippen LogP contribution in [0.15, 0.2) is 70.4 Å². The van der Waals surface area contributed by atoms with Crippen molar-refractivity contribution in [1.82, 2.24) is 19.5 Å². The molecular weight excluding hydrogens is 1020 g/mol. The topological polar surface area (TPSA) is 46.5 Å². The molecule has 0 spiro atoms. The van der Waals surface area contributed by atoms with Crippen molar-refractivity contribution in [1.29, 1.82) is 0 Å². The number of hydrogen-bond donors (Lipinski definition) is 1. The van der Waals surface area contributed by atoms with E-state index in [4.69, 9.17) is 0 Å². The van der Waals surface area contributed by atoms with E-state index < -0.39 is 29.3 Å². The number of aromatic nitrogens is 4. The van der Waals surface area contributed by atoms with Crippen molar-refractivity contribution in [3.8, 4) is 5.69 Å². The average molecular weight is 1040 g/mol. The van der Waals surface area contributed by atoms with Crippen molar-refractivity contribution in [2.24, 2.45) is 0 Å². The zero-order valence-corrected chi connectivity index (χ0v) is 28.8. The van der Waals surface area contributed by atoms with Gasteiger partial charge in [0, 0.05) is 32.7 Å². The summed E-state index contributed by atoms with van der Waals surface area (Å²) in [5.74, 6) is -0.906. The van der Waals surface area contributed by atoms with Gasteiger partial charge in [-0.3, -0.25) is 0 Å². The van der Waals surface area contributed by atoms with Crippen molar-refractivity contribution in [3.63, 3.8) is 0 Å². The minimum atomic E-state index is -4.50. The number of halogens is 12. The third kappa shape index (κ3) is 16.2. The van der Waals surface area contributed by atoms with Gasteiger partial charge in [-0.25, -0.2) is 14.4 Å². The Balaban J connectivity index is 0. The number of imidazole rings is 2. The van der Waals surface area contributed by atoms with Crippen molar-refractivity contribution >= 4 is 69.1 Å². The summed E-state index contributed by atoms with van der Waals surface area (Å²) in [5, 5.41) is 0. The molecule has 40 heavy (non-hydrogen) atoms. The van der Waals surface area contributed by atoms with Crippen LogP contribution < -0.4 is 13.3 Å². The van der Waals surface area contributed by atoms with Crippen LogP contribution in [-0.4, -0.2) is 19.5 Å². The van der Waals surface area contributed by atoms with Gasteiger partial charge in [0.05, 0.1) is 29.5 Å². The number of alkyl halides is 6. The Morgan fingerprint density at radius 2 is 1.35 bits per heavy atom. The van der Waals surface area contributed by atoms with Crippen molar-refractivity contribution in [2.45, 2.75) is 41.1 Å². The van der Waals surface area contributed by atoms with Crippen LogP contribution in [0.4, 0.5) is 30.7 Å². The summed E-state index contributed by atoms with van der Waals surface area (Å²) in [6.45, 7) is 3.74. The summed E-state index contributed by atoms with van der Waals surface area (Å²) in [4.78, 5) is 10.6. The molecule has 0 bridgehead atoms. The molecule has 226 valence electrons. The maximum atomic E-state index is 12.6. The van der Waals surface area contributed by atoms with Crippen molar-refractivity contribution in [2.75, 3.05) is 0 Å². The van der Waals surface area contributed by atoms with E-state index >= 15 is 0 Å². The summed E-state index contributed by atoms with van der Waals surface area (Å²) in [7, 11) is 0. The molecule has 4 rings (SSSR count). The Hall–Kier alpha value is -0.480. The van der Waals surface area contributed by atoms with Crippen LogP contribution in [0.3, 0.4) is 0 Å². The van der Waals surface area contributed by atoms with Gasteiger partial charge in [-0.05, 0) is 50.2 Å². The summed E-state index contributed by atoms with van der Waals surface area (Å²) in [6, 6.07) is 5.98. The van der Waals surface area contributed by atoms with Gasteiger partial charge >= 0.3 is 62.8 Å². The van der Waals surface area contributed by atoms with E-state index in [1.165, 1.54) is 6.33 Å². The molecule has 4 aromatic rings. The number of H-pyrrole nitrogens is 1. The van der Waals surface area contributed by atoms with Gasteiger partial charge in [0.25, 0.3) is 0 Å². The van der Waals surface area contributed by atoms with Gasteiger partial charge < -0.3 is 9.55 Å². The molecule has 0 saturated carbocycles. The third-order valence-electron chi connectivity index (χ3n) is 4.04. The van der Waals surface area contributed by atoms with Crippen LogP contribution in [0.1, 0.15) is 37.4 Å². The van der Waals surface area contributed by atoms with Crippen LogP contribution in [0, 0.1) is 19.7 Å². The number of rotatable bonds is 1. The second kappa shape index (κ2) is 19.7. The fourth-order valence-electron chi connectivity index (χ4n) is 2.49. The number of nitrogens with zero attached hydrogens (tertiary/aromatic N) is 3. The van der Waals surface area contributed by atoms with E-state index in [-0.39, 0.29) is 19.3 Å². The molecule has 0 radical (unpaired) electrons. The van der Waals surface area contributed by atoms with Gasteiger partial charge in [0.1, 0.15) is 5.82 Å². The molecule has 0 unspecified atom stereocenters.